The van der Waals surface area contributed by atoms with E-state index in [4.69, 9.17) is 4.74 Å². The molecule has 3 atom stereocenters. The van der Waals surface area contributed by atoms with Crippen LogP contribution in [0.3, 0.4) is 0 Å². The standard InChI is InChI=1S/C35H33NO2/c1-38-32-20-12-11-19-28(32)29-21-22-35(26-15-7-3-8-16-26,27-17-9-4-10-18-27)30-24-36-34(33(29)30)31(37)23-25-13-5-2-6-14-25/h2-21,30,33-34,36H,22-24H2,1H3/t30-,33-,34?/m0/s1. The van der Waals surface area contributed by atoms with Gasteiger partial charge in [-0.05, 0) is 40.7 Å². The zero-order valence-electron chi connectivity index (χ0n) is 21.7. The molecule has 1 fully saturated rings. The quantitative estimate of drug-likeness (QED) is 0.316. The second-order valence-electron chi connectivity index (χ2n) is 10.4. The zero-order chi connectivity index (χ0) is 26.0. The third-order valence-electron chi connectivity index (χ3n) is 8.55. The van der Waals surface area contributed by atoms with Crippen LogP contribution in [0.1, 0.15) is 28.7 Å². The molecule has 0 amide bonds. The number of Topliss-reactive ketones (excluding diaryl/α,β-unsaturated/α-hetero) is 1. The lowest BCUT2D eigenvalue weighted by atomic mass is 9.55. The van der Waals surface area contributed by atoms with E-state index in [0.29, 0.717) is 6.42 Å². The second-order valence-corrected chi connectivity index (χ2v) is 10.4. The van der Waals surface area contributed by atoms with Gasteiger partial charge in [0.25, 0.3) is 0 Å². The molecule has 1 aliphatic carbocycles. The molecule has 38 heavy (non-hydrogen) atoms. The smallest absolute Gasteiger partial charge is 0.154 e. The molecule has 2 aliphatic rings. The number of ketones is 1. The van der Waals surface area contributed by atoms with E-state index in [-0.39, 0.29) is 29.1 Å². The molecule has 1 unspecified atom stereocenters. The lowest BCUT2D eigenvalue weighted by molar-refractivity contribution is -0.120. The number of hydrogen-bond donors (Lipinski definition) is 1. The Kier molecular flexibility index (Phi) is 6.70. The molecule has 3 nitrogen and oxygen atoms in total. The minimum Gasteiger partial charge on any atom is -0.496 e. The van der Waals surface area contributed by atoms with Crippen molar-refractivity contribution in [1.82, 2.24) is 5.32 Å². The fourth-order valence-corrected chi connectivity index (χ4v) is 6.87. The minimum absolute atomic E-state index is 0.0108. The minimum atomic E-state index is -0.275. The molecule has 1 saturated heterocycles. The third kappa shape index (κ3) is 4.17. The van der Waals surface area contributed by atoms with E-state index in [1.807, 2.05) is 42.5 Å². The molecule has 3 heteroatoms. The van der Waals surface area contributed by atoms with Crippen molar-refractivity contribution in [3.8, 4) is 5.75 Å². The summed E-state index contributed by atoms with van der Waals surface area (Å²) in [7, 11) is 1.73. The third-order valence-corrected chi connectivity index (χ3v) is 8.55. The molecule has 0 radical (unpaired) electrons. The predicted molar refractivity (Wildman–Crippen MR) is 153 cm³/mol. The van der Waals surface area contributed by atoms with E-state index in [2.05, 4.69) is 84.2 Å². The van der Waals surface area contributed by atoms with Gasteiger partial charge in [0.05, 0.1) is 13.2 Å². The van der Waals surface area contributed by atoms with Gasteiger partial charge >= 0.3 is 0 Å². The van der Waals surface area contributed by atoms with Gasteiger partial charge in [0.15, 0.2) is 5.78 Å². The molecular weight excluding hydrogens is 466 g/mol. The van der Waals surface area contributed by atoms with Crippen LogP contribution in [0.15, 0.2) is 121 Å². The van der Waals surface area contributed by atoms with Crippen molar-refractivity contribution in [3.05, 3.63) is 144 Å². The zero-order valence-corrected chi connectivity index (χ0v) is 21.7. The van der Waals surface area contributed by atoms with Crippen molar-refractivity contribution in [1.29, 1.82) is 0 Å². The van der Waals surface area contributed by atoms with E-state index in [9.17, 15) is 4.79 Å². The van der Waals surface area contributed by atoms with Crippen LogP contribution in [0, 0.1) is 11.8 Å². The van der Waals surface area contributed by atoms with Crippen LogP contribution < -0.4 is 10.1 Å². The normalized spacial score (nSPS) is 21.8. The number of benzene rings is 4. The number of rotatable bonds is 7. The predicted octanol–water partition coefficient (Wildman–Crippen LogP) is 6.48. The SMILES string of the molecule is COc1ccccc1C1=CCC(c2ccccc2)(c2ccccc2)[C@H]2CNC(C(=O)Cc3ccccc3)[C@@H]12. The molecular formula is C35H33NO2. The maximum atomic E-state index is 14.0. The van der Waals surface area contributed by atoms with Crippen LogP contribution >= 0.6 is 0 Å². The number of fused-ring (bicyclic) bond motifs is 1. The number of allylic oxidation sites excluding steroid dienone is 1. The Morgan fingerprint density at radius 1 is 0.816 bits per heavy atom. The summed E-state index contributed by atoms with van der Waals surface area (Å²) in [4.78, 5) is 14.0. The Morgan fingerprint density at radius 3 is 2.03 bits per heavy atom. The summed E-state index contributed by atoms with van der Waals surface area (Å²) in [5.74, 6) is 1.30. The van der Waals surface area contributed by atoms with Gasteiger partial charge in [-0.15, -0.1) is 0 Å². The van der Waals surface area contributed by atoms with Crippen molar-refractivity contribution < 1.29 is 9.53 Å². The highest BCUT2D eigenvalue weighted by atomic mass is 16.5. The van der Waals surface area contributed by atoms with Crippen LogP contribution in [-0.2, 0) is 16.6 Å². The molecule has 0 saturated carbocycles. The fraction of sp³-hybridized carbons (Fsp3) is 0.229. The van der Waals surface area contributed by atoms with Crippen molar-refractivity contribution in [2.45, 2.75) is 24.3 Å². The molecule has 1 aliphatic heterocycles. The van der Waals surface area contributed by atoms with Gasteiger partial charge in [-0.25, -0.2) is 0 Å². The molecule has 0 aromatic heterocycles. The highest BCUT2D eigenvalue weighted by Gasteiger charge is 2.55. The van der Waals surface area contributed by atoms with Crippen LogP contribution in [0.25, 0.3) is 5.57 Å². The average molecular weight is 500 g/mol. The lowest BCUT2D eigenvalue weighted by Crippen LogP contribution is -2.45. The summed E-state index contributed by atoms with van der Waals surface area (Å²) in [6.45, 7) is 0.770. The summed E-state index contributed by atoms with van der Waals surface area (Å²) < 4.78 is 5.81. The Bertz CT molecular complexity index is 1390. The molecule has 4 aromatic rings. The molecule has 6 rings (SSSR count). The maximum Gasteiger partial charge on any atom is 0.154 e. The maximum absolute atomic E-state index is 14.0. The van der Waals surface area contributed by atoms with Gasteiger partial charge < -0.3 is 10.1 Å². The van der Waals surface area contributed by atoms with Crippen LogP contribution in [0.2, 0.25) is 0 Å². The van der Waals surface area contributed by atoms with Crippen molar-refractivity contribution >= 4 is 11.4 Å². The molecule has 0 spiro atoms. The summed E-state index contributed by atoms with van der Waals surface area (Å²) in [6, 6.07) is 39.8. The van der Waals surface area contributed by atoms with Crippen molar-refractivity contribution in [2.75, 3.05) is 13.7 Å². The van der Waals surface area contributed by atoms with Gasteiger partial charge in [-0.2, -0.15) is 0 Å². The molecule has 1 heterocycles. The number of carbonyl (C=O) groups excluding carboxylic acids is 1. The first-order valence-corrected chi connectivity index (χ1v) is 13.5. The van der Waals surface area contributed by atoms with Crippen molar-refractivity contribution in [3.63, 3.8) is 0 Å². The highest BCUT2D eigenvalue weighted by molar-refractivity contribution is 5.90. The van der Waals surface area contributed by atoms with Gasteiger partial charge in [0, 0.05) is 29.9 Å². The van der Waals surface area contributed by atoms with E-state index in [1.54, 1.807) is 7.11 Å². The Morgan fingerprint density at radius 2 is 1.39 bits per heavy atom. The summed E-state index contributed by atoms with van der Waals surface area (Å²) >= 11 is 0. The van der Waals surface area contributed by atoms with Crippen LogP contribution in [0.5, 0.6) is 5.75 Å². The van der Waals surface area contributed by atoms with Crippen LogP contribution in [-0.4, -0.2) is 25.5 Å². The van der Waals surface area contributed by atoms with E-state index < -0.39 is 0 Å². The first-order chi connectivity index (χ1) is 18.7. The first-order valence-electron chi connectivity index (χ1n) is 13.5. The Labute approximate surface area is 225 Å². The summed E-state index contributed by atoms with van der Waals surface area (Å²) in [5, 5.41) is 3.72. The molecule has 4 aromatic carbocycles. The van der Waals surface area contributed by atoms with Gasteiger partial charge in [-0.1, -0.05) is 115 Å². The molecule has 0 bridgehead atoms. The monoisotopic (exact) mass is 499 g/mol. The van der Waals surface area contributed by atoms with Gasteiger partial charge in [0.2, 0.25) is 0 Å². The largest absolute Gasteiger partial charge is 0.496 e. The van der Waals surface area contributed by atoms with Gasteiger partial charge in [0.1, 0.15) is 5.75 Å². The molecule has 1 N–H and O–H groups in total. The topological polar surface area (TPSA) is 38.3 Å². The number of carbonyl (C=O) groups is 1. The van der Waals surface area contributed by atoms with Crippen LogP contribution in [0.4, 0.5) is 0 Å². The lowest BCUT2D eigenvalue weighted by Gasteiger charge is -2.47. The van der Waals surface area contributed by atoms with E-state index in [0.717, 1.165) is 29.8 Å². The average Bonchev–Trinajstić information content (AvgIpc) is 3.44. The van der Waals surface area contributed by atoms with E-state index in [1.165, 1.54) is 16.7 Å². The second kappa shape index (κ2) is 10.4. The highest BCUT2D eigenvalue weighted by Crippen LogP contribution is 2.56. The number of nitrogens with one attached hydrogen (secondary N) is 1. The Hall–Kier alpha value is -3.95. The molecule has 190 valence electrons. The summed E-state index contributed by atoms with van der Waals surface area (Å²) in [5.41, 5.74) is 5.71. The van der Waals surface area contributed by atoms with Gasteiger partial charge in [-0.3, -0.25) is 4.79 Å². The Balaban J connectivity index is 1.51. The fourth-order valence-electron chi connectivity index (χ4n) is 6.87. The summed E-state index contributed by atoms with van der Waals surface area (Å²) in [6.07, 6.45) is 3.66. The van der Waals surface area contributed by atoms with Crippen molar-refractivity contribution in [2.24, 2.45) is 11.8 Å². The number of methoxy groups -OCH3 is 1. The first kappa shape index (κ1) is 24.4. The number of para-hydroxylation sites is 1. The number of hydrogen-bond acceptors (Lipinski definition) is 3. The number of ether oxygens (including phenoxy) is 1. The van der Waals surface area contributed by atoms with E-state index >= 15 is 0 Å².